The first-order valence-electron chi connectivity index (χ1n) is 5.70. The zero-order valence-corrected chi connectivity index (χ0v) is 10.2. The van der Waals surface area contributed by atoms with Gasteiger partial charge in [0.2, 0.25) is 0 Å². The van der Waals surface area contributed by atoms with Crippen molar-refractivity contribution in [3.8, 4) is 0 Å². The molecule has 96 valence electrons. The fraction of sp³-hybridized carbons (Fsp3) is 0.167. The minimum Gasteiger partial charge on any atom is -0.326 e. The van der Waals surface area contributed by atoms with Crippen molar-refractivity contribution in [2.45, 2.75) is 6.54 Å². The number of nitrogens with zero attached hydrogens (tertiary/aromatic N) is 4. The summed E-state index contributed by atoms with van der Waals surface area (Å²) in [6.07, 6.45) is 3.17. The first-order chi connectivity index (χ1) is 9.13. The number of hydrogen-bond acceptors (Lipinski definition) is 5. The Morgan fingerprint density at radius 2 is 2.11 bits per heavy atom. The fourth-order valence-corrected chi connectivity index (χ4v) is 2.12. The number of pyridine rings is 1. The van der Waals surface area contributed by atoms with Crippen LogP contribution in [0.3, 0.4) is 0 Å². The summed E-state index contributed by atoms with van der Waals surface area (Å²) in [5, 5.41) is 4.14. The smallest absolute Gasteiger partial charge is 0.286 e. The number of carbonyl (C=O) groups excluding carboxylic acids is 2. The second-order valence-corrected chi connectivity index (χ2v) is 4.20. The fourth-order valence-electron chi connectivity index (χ4n) is 2.12. The largest absolute Gasteiger partial charge is 0.326 e. The van der Waals surface area contributed by atoms with E-state index < -0.39 is 11.8 Å². The highest BCUT2D eigenvalue weighted by Crippen LogP contribution is 2.28. The summed E-state index contributed by atoms with van der Waals surface area (Å²) >= 11 is 0. The highest BCUT2D eigenvalue weighted by atomic mass is 16.2. The Kier molecular flexibility index (Phi) is 2.42. The van der Waals surface area contributed by atoms with Crippen LogP contribution in [0.25, 0.3) is 0 Å². The Hall–Kier alpha value is -2.54. The van der Waals surface area contributed by atoms with Gasteiger partial charge in [-0.25, -0.2) is 4.90 Å². The third-order valence-corrected chi connectivity index (χ3v) is 2.96. The summed E-state index contributed by atoms with van der Waals surface area (Å²) in [4.78, 5) is 29.5. The zero-order valence-electron chi connectivity index (χ0n) is 10.2. The van der Waals surface area contributed by atoms with Gasteiger partial charge in [-0.05, 0) is 12.1 Å². The van der Waals surface area contributed by atoms with Crippen LogP contribution in [0.2, 0.25) is 0 Å². The van der Waals surface area contributed by atoms with Gasteiger partial charge in [-0.1, -0.05) is 0 Å². The second kappa shape index (κ2) is 3.99. The van der Waals surface area contributed by atoms with Gasteiger partial charge < -0.3 is 5.73 Å². The monoisotopic (exact) mass is 257 g/mol. The van der Waals surface area contributed by atoms with Gasteiger partial charge in [0.1, 0.15) is 5.69 Å². The molecule has 7 nitrogen and oxygen atoms in total. The Balaban J connectivity index is 2.14. The predicted molar refractivity (Wildman–Crippen MR) is 66.5 cm³/mol. The average Bonchev–Trinajstić information content (AvgIpc) is 2.90. The Morgan fingerprint density at radius 1 is 1.32 bits per heavy atom. The van der Waals surface area contributed by atoms with Crippen molar-refractivity contribution in [2.24, 2.45) is 12.8 Å². The molecule has 3 rings (SSSR count). The molecule has 1 aliphatic rings. The third-order valence-electron chi connectivity index (χ3n) is 2.96. The average molecular weight is 257 g/mol. The summed E-state index contributed by atoms with van der Waals surface area (Å²) < 4.78 is 1.52. The number of carbonyl (C=O) groups is 2. The third kappa shape index (κ3) is 1.55. The Labute approximate surface area is 108 Å². The molecule has 19 heavy (non-hydrogen) atoms. The SMILES string of the molecule is Cn1cc(CN)c(N2C(=O)c3cccnc3C2=O)n1. The molecule has 7 heteroatoms. The maximum absolute atomic E-state index is 12.3. The molecule has 0 unspecified atom stereocenters. The lowest BCUT2D eigenvalue weighted by Gasteiger charge is -2.11. The van der Waals surface area contributed by atoms with Crippen molar-refractivity contribution in [3.63, 3.8) is 0 Å². The van der Waals surface area contributed by atoms with Crippen LogP contribution in [-0.2, 0) is 13.6 Å². The number of nitrogens with two attached hydrogens (primary N) is 1. The first kappa shape index (κ1) is 11.5. The van der Waals surface area contributed by atoms with Gasteiger partial charge in [-0.2, -0.15) is 5.10 Å². The number of imide groups is 1. The van der Waals surface area contributed by atoms with E-state index in [1.54, 1.807) is 25.4 Å². The molecule has 2 amide bonds. The van der Waals surface area contributed by atoms with E-state index >= 15 is 0 Å². The van der Waals surface area contributed by atoms with Crippen LogP contribution < -0.4 is 10.6 Å². The number of rotatable bonds is 2. The lowest BCUT2D eigenvalue weighted by Crippen LogP contribution is -2.31. The number of anilines is 1. The van der Waals surface area contributed by atoms with Crippen molar-refractivity contribution in [2.75, 3.05) is 4.90 Å². The number of amides is 2. The van der Waals surface area contributed by atoms with Crippen LogP contribution in [0.15, 0.2) is 24.5 Å². The molecule has 2 N–H and O–H groups in total. The van der Waals surface area contributed by atoms with Crippen molar-refractivity contribution < 1.29 is 9.59 Å². The maximum Gasteiger partial charge on any atom is 0.286 e. The summed E-state index contributed by atoms with van der Waals surface area (Å²) in [6.45, 7) is 0.198. The van der Waals surface area contributed by atoms with E-state index in [1.165, 1.54) is 10.9 Å². The topological polar surface area (TPSA) is 94.1 Å². The minimum atomic E-state index is -0.464. The van der Waals surface area contributed by atoms with Crippen molar-refractivity contribution >= 4 is 17.6 Å². The number of hydrogen-bond donors (Lipinski definition) is 1. The normalized spacial score (nSPS) is 14.1. The van der Waals surface area contributed by atoms with Crippen molar-refractivity contribution in [1.82, 2.24) is 14.8 Å². The molecule has 2 aromatic heterocycles. The van der Waals surface area contributed by atoms with Gasteiger partial charge in [-0.3, -0.25) is 19.3 Å². The molecular weight excluding hydrogens is 246 g/mol. The molecule has 0 atom stereocenters. The molecule has 1 aliphatic heterocycles. The lowest BCUT2D eigenvalue weighted by atomic mass is 10.2. The molecule has 0 aromatic carbocycles. The lowest BCUT2D eigenvalue weighted by molar-refractivity contribution is 0.0923. The standard InChI is InChI=1S/C12H11N5O2/c1-16-6-7(5-13)10(15-16)17-11(18)8-3-2-4-14-9(8)12(17)19/h2-4,6H,5,13H2,1H3. The molecule has 3 heterocycles. The van der Waals surface area contributed by atoms with E-state index in [1.807, 2.05) is 0 Å². The van der Waals surface area contributed by atoms with Gasteiger partial charge in [-0.15, -0.1) is 0 Å². The summed E-state index contributed by atoms with van der Waals surface area (Å²) in [7, 11) is 1.71. The Bertz CT molecular complexity index is 656. The van der Waals surface area contributed by atoms with E-state index in [0.29, 0.717) is 11.1 Å². The van der Waals surface area contributed by atoms with Crippen LogP contribution in [0, 0.1) is 0 Å². The molecule has 0 saturated heterocycles. The van der Waals surface area contributed by atoms with Gasteiger partial charge in [0.15, 0.2) is 5.82 Å². The number of aromatic nitrogens is 3. The molecule has 0 fully saturated rings. The molecule has 2 aromatic rings. The molecule has 0 radical (unpaired) electrons. The first-order valence-corrected chi connectivity index (χ1v) is 5.70. The maximum atomic E-state index is 12.3. The van der Waals surface area contributed by atoms with Crippen LogP contribution >= 0.6 is 0 Å². The van der Waals surface area contributed by atoms with Crippen LogP contribution in [0.5, 0.6) is 0 Å². The van der Waals surface area contributed by atoms with E-state index in [9.17, 15) is 9.59 Å². The van der Waals surface area contributed by atoms with E-state index in [4.69, 9.17) is 5.73 Å². The minimum absolute atomic E-state index is 0.154. The van der Waals surface area contributed by atoms with E-state index in [2.05, 4.69) is 10.1 Å². The van der Waals surface area contributed by atoms with E-state index in [-0.39, 0.29) is 18.1 Å². The van der Waals surface area contributed by atoms with Gasteiger partial charge >= 0.3 is 0 Å². The van der Waals surface area contributed by atoms with E-state index in [0.717, 1.165) is 4.90 Å². The molecule has 0 bridgehead atoms. The van der Waals surface area contributed by atoms with Crippen LogP contribution in [-0.4, -0.2) is 26.6 Å². The van der Waals surface area contributed by atoms with Crippen molar-refractivity contribution in [1.29, 1.82) is 0 Å². The molecule has 0 spiro atoms. The summed E-state index contributed by atoms with van der Waals surface area (Å²) in [5.41, 5.74) is 6.69. The zero-order chi connectivity index (χ0) is 13.6. The highest BCUT2D eigenvalue weighted by Gasteiger charge is 2.39. The van der Waals surface area contributed by atoms with Crippen LogP contribution in [0.4, 0.5) is 5.82 Å². The molecule has 0 saturated carbocycles. The summed E-state index contributed by atoms with van der Waals surface area (Å²) in [6, 6.07) is 3.20. The number of aryl methyl sites for hydroxylation is 1. The molecule has 0 aliphatic carbocycles. The Morgan fingerprint density at radius 3 is 2.79 bits per heavy atom. The van der Waals surface area contributed by atoms with Gasteiger partial charge in [0.25, 0.3) is 11.8 Å². The number of fused-ring (bicyclic) bond motifs is 1. The van der Waals surface area contributed by atoms with Crippen molar-refractivity contribution in [3.05, 3.63) is 41.3 Å². The summed E-state index contributed by atoms with van der Waals surface area (Å²) in [5.74, 6) is -0.603. The highest BCUT2D eigenvalue weighted by molar-refractivity contribution is 6.33. The second-order valence-electron chi connectivity index (χ2n) is 4.20. The predicted octanol–water partition coefficient (Wildman–Crippen LogP) is 0.0744. The van der Waals surface area contributed by atoms with Gasteiger partial charge in [0.05, 0.1) is 5.56 Å². The van der Waals surface area contributed by atoms with Gasteiger partial charge in [0, 0.05) is 31.5 Å². The molecular formula is C12H11N5O2. The quantitative estimate of drug-likeness (QED) is 0.768. The van der Waals surface area contributed by atoms with Crippen LogP contribution in [0.1, 0.15) is 26.4 Å².